The molecular weight excluding hydrogens is 320 g/mol. The highest BCUT2D eigenvalue weighted by Crippen LogP contribution is 2.29. The fraction of sp³-hybridized carbons (Fsp3) is 0.333. The Bertz CT molecular complexity index is 755. The molecule has 7 nitrogen and oxygen atoms in total. The minimum atomic E-state index is -0.617. The maximum absolute atomic E-state index is 12.0. The normalized spacial score (nSPS) is 11.9. The number of nitro benzene ring substituents is 1. The first-order valence-electron chi connectivity index (χ1n) is 7.05. The molecule has 1 atom stereocenters. The van der Waals surface area contributed by atoms with Crippen molar-refractivity contribution in [3.05, 3.63) is 39.3 Å². The van der Waals surface area contributed by atoms with E-state index in [1.807, 2.05) is 13.8 Å². The number of fused-ring (bicyclic) bond motifs is 1. The van der Waals surface area contributed by atoms with Gasteiger partial charge in [-0.3, -0.25) is 14.9 Å². The van der Waals surface area contributed by atoms with Gasteiger partial charge in [0.2, 0.25) is 0 Å². The van der Waals surface area contributed by atoms with Gasteiger partial charge in [-0.25, -0.2) is 4.79 Å². The molecule has 0 aliphatic heterocycles. The van der Waals surface area contributed by atoms with Crippen LogP contribution in [0.3, 0.4) is 0 Å². The molecule has 0 saturated carbocycles. The Balaban J connectivity index is 2.03. The number of benzene rings is 1. The van der Waals surface area contributed by atoms with Gasteiger partial charge in [0.1, 0.15) is 4.88 Å². The van der Waals surface area contributed by atoms with Gasteiger partial charge in [0, 0.05) is 28.3 Å². The van der Waals surface area contributed by atoms with Crippen LogP contribution in [0.5, 0.6) is 0 Å². The fourth-order valence-corrected chi connectivity index (χ4v) is 2.80. The van der Waals surface area contributed by atoms with Crippen molar-refractivity contribution in [3.63, 3.8) is 0 Å². The number of thiophene rings is 1. The summed E-state index contributed by atoms with van der Waals surface area (Å²) in [5.74, 6) is -0.974. The Hall–Kier alpha value is -2.48. The zero-order valence-corrected chi connectivity index (χ0v) is 13.5. The number of ether oxygens (including phenoxy) is 1. The van der Waals surface area contributed by atoms with Crippen molar-refractivity contribution in [2.24, 2.45) is 0 Å². The van der Waals surface area contributed by atoms with Gasteiger partial charge >= 0.3 is 5.97 Å². The highest BCUT2D eigenvalue weighted by Gasteiger charge is 2.16. The Morgan fingerprint density at radius 3 is 2.78 bits per heavy atom. The number of rotatable bonds is 6. The molecule has 0 unspecified atom stereocenters. The number of esters is 1. The molecule has 0 saturated heterocycles. The van der Waals surface area contributed by atoms with Crippen molar-refractivity contribution in [1.82, 2.24) is 5.32 Å². The van der Waals surface area contributed by atoms with E-state index in [1.165, 1.54) is 29.5 Å². The standard InChI is InChI=1S/C15H16N2O5S/c1-3-9(2)16-14(18)8-22-15(19)13-7-10-6-11(17(20)21)4-5-12(10)23-13/h4-7,9H,3,8H2,1-2H3,(H,16,18)/t9-/m0/s1. The van der Waals surface area contributed by atoms with Gasteiger partial charge in [0.25, 0.3) is 11.6 Å². The molecule has 0 aliphatic rings. The van der Waals surface area contributed by atoms with E-state index in [0.717, 1.165) is 11.1 Å². The van der Waals surface area contributed by atoms with Gasteiger partial charge in [0.05, 0.1) is 4.92 Å². The largest absolute Gasteiger partial charge is 0.451 e. The van der Waals surface area contributed by atoms with Crippen LogP contribution in [-0.4, -0.2) is 29.4 Å². The number of amides is 1. The van der Waals surface area contributed by atoms with Gasteiger partial charge < -0.3 is 10.1 Å². The molecule has 2 aromatic rings. The number of nitrogens with one attached hydrogen (secondary N) is 1. The van der Waals surface area contributed by atoms with E-state index in [0.29, 0.717) is 10.3 Å². The molecule has 0 radical (unpaired) electrons. The predicted molar refractivity (Wildman–Crippen MR) is 86.7 cm³/mol. The van der Waals surface area contributed by atoms with E-state index in [4.69, 9.17) is 4.74 Å². The van der Waals surface area contributed by atoms with Gasteiger partial charge in [-0.2, -0.15) is 0 Å². The Morgan fingerprint density at radius 1 is 1.39 bits per heavy atom. The summed E-state index contributed by atoms with van der Waals surface area (Å²) in [7, 11) is 0. The maximum atomic E-state index is 12.0. The van der Waals surface area contributed by atoms with Crippen LogP contribution in [0.2, 0.25) is 0 Å². The van der Waals surface area contributed by atoms with Crippen molar-refractivity contribution in [1.29, 1.82) is 0 Å². The quantitative estimate of drug-likeness (QED) is 0.497. The monoisotopic (exact) mass is 336 g/mol. The average molecular weight is 336 g/mol. The van der Waals surface area contributed by atoms with E-state index < -0.39 is 10.9 Å². The molecule has 2 rings (SSSR count). The number of hydrogen-bond donors (Lipinski definition) is 1. The van der Waals surface area contributed by atoms with Crippen molar-refractivity contribution < 1.29 is 19.2 Å². The zero-order chi connectivity index (χ0) is 17.0. The number of non-ortho nitro benzene ring substituents is 1. The van der Waals surface area contributed by atoms with Crippen molar-refractivity contribution in [3.8, 4) is 0 Å². The van der Waals surface area contributed by atoms with E-state index in [-0.39, 0.29) is 24.2 Å². The van der Waals surface area contributed by atoms with Gasteiger partial charge in [-0.05, 0) is 25.5 Å². The highest BCUT2D eigenvalue weighted by molar-refractivity contribution is 7.20. The number of carbonyl (C=O) groups is 2. The molecule has 1 heterocycles. The Kier molecular flexibility index (Phi) is 5.28. The fourth-order valence-electron chi connectivity index (χ4n) is 1.87. The molecule has 1 amide bonds. The minimum Gasteiger partial charge on any atom is -0.451 e. The van der Waals surface area contributed by atoms with Crippen LogP contribution in [0.15, 0.2) is 24.3 Å². The summed E-state index contributed by atoms with van der Waals surface area (Å²) in [5, 5.41) is 14.0. The topological polar surface area (TPSA) is 98.5 Å². The molecule has 0 spiro atoms. The third-order valence-electron chi connectivity index (χ3n) is 3.27. The summed E-state index contributed by atoms with van der Waals surface area (Å²) < 4.78 is 5.71. The first-order valence-corrected chi connectivity index (χ1v) is 7.86. The molecule has 0 fully saturated rings. The Labute approximate surface area is 136 Å². The third-order valence-corrected chi connectivity index (χ3v) is 4.36. The van der Waals surface area contributed by atoms with Crippen molar-refractivity contribution in [2.45, 2.75) is 26.3 Å². The molecule has 8 heteroatoms. The SMILES string of the molecule is CC[C@H](C)NC(=O)COC(=O)c1cc2cc([N+](=O)[O-])ccc2s1. The first kappa shape index (κ1) is 16.9. The summed E-state index contributed by atoms with van der Waals surface area (Å²) in [6.45, 7) is 3.45. The van der Waals surface area contributed by atoms with Crippen LogP contribution in [-0.2, 0) is 9.53 Å². The summed E-state index contributed by atoms with van der Waals surface area (Å²) in [5.41, 5.74) is -0.0388. The second-order valence-electron chi connectivity index (χ2n) is 5.04. The summed E-state index contributed by atoms with van der Waals surface area (Å²) >= 11 is 1.17. The number of nitrogens with zero attached hydrogens (tertiary/aromatic N) is 1. The van der Waals surface area contributed by atoms with E-state index in [1.54, 1.807) is 6.07 Å². The van der Waals surface area contributed by atoms with Crippen LogP contribution in [0.4, 0.5) is 5.69 Å². The van der Waals surface area contributed by atoms with Crippen LogP contribution < -0.4 is 5.32 Å². The van der Waals surface area contributed by atoms with Gasteiger partial charge in [-0.1, -0.05) is 6.92 Å². The lowest BCUT2D eigenvalue weighted by Gasteiger charge is -2.10. The first-order chi connectivity index (χ1) is 10.9. The molecule has 0 aliphatic carbocycles. The van der Waals surface area contributed by atoms with E-state index >= 15 is 0 Å². The molecule has 1 N–H and O–H groups in total. The summed E-state index contributed by atoms with van der Waals surface area (Å²) in [4.78, 5) is 34.1. The second kappa shape index (κ2) is 7.19. The zero-order valence-electron chi connectivity index (χ0n) is 12.7. The van der Waals surface area contributed by atoms with Gasteiger partial charge in [0.15, 0.2) is 6.61 Å². The lowest BCUT2D eigenvalue weighted by Crippen LogP contribution is -2.35. The second-order valence-corrected chi connectivity index (χ2v) is 6.13. The molecule has 1 aromatic heterocycles. The highest BCUT2D eigenvalue weighted by atomic mass is 32.1. The number of carbonyl (C=O) groups excluding carboxylic acids is 2. The smallest absolute Gasteiger partial charge is 0.348 e. The van der Waals surface area contributed by atoms with Crippen LogP contribution >= 0.6 is 11.3 Å². The molecule has 23 heavy (non-hydrogen) atoms. The molecular formula is C15H16N2O5S. The van der Waals surface area contributed by atoms with E-state index in [9.17, 15) is 19.7 Å². The van der Waals surface area contributed by atoms with Crippen LogP contribution in [0.25, 0.3) is 10.1 Å². The maximum Gasteiger partial charge on any atom is 0.348 e. The minimum absolute atomic E-state index is 0.0195. The van der Waals surface area contributed by atoms with Crippen LogP contribution in [0, 0.1) is 10.1 Å². The lowest BCUT2D eigenvalue weighted by molar-refractivity contribution is -0.384. The van der Waals surface area contributed by atoms with Crippen molar-refractivity contribution in [2.75, 3.05) is 6.61 Å². The number of nitro groups is 1. The van der Waals surface area contributed by atoms with E-state index in [2.05, 4.69) is 5.32 Å². The third kappa shape index (κ3) is 4.26. The molecule has 1 aromatic carbocycles. The molecule has 122 valence electrons. The predicted octanol–water partition coefficient (Wildman–Crippen LogP) is 2.88. The summed E-state index contributed by atoms with van der Waals surface area (Å²) in [6, 6.07) is 5.92. The lowest BCUT2D eigenvalue weighted by atomic mass is 10.2. The molecule has 0 bridgehead atoms. The van der Waals surface area contributed by atoms with Crippen molar-refractivity contribution >= 4 is 39.0 Å². The Morgan fingerprint density at radius 2 is 2.13 bits per heavy atom. The summed E-state index contributed by atoms with van der Waals surface area (Å²) in [6.07, 6.45) is 0.786. The van der Waals surface area contributed by atoms with Gasteiger partial charge in [-0.15, -0.1) is 11.3 Å². The number of hydrogen-bond acceptors (Lipinski definition) is 6. The average Bonchev–Trinajstić information content (AvgIpc) is 2.95. The van der Waals surface area contributed by atoms with Crippen LogP contribution in [0.1, 0.15) is 29.9 Å².